The molecule has 148 valence electrons. The molecule has 0 aliphatic rings. The number of imidazole rings is 1. The van der Waals surface area contributed by atoms with Crippen LogP contribution in [0.5, 0.6) is 5.75 Å². The lowest BCUT2D eigenvalue weighted by Crippen LogP contribution is -2.22. The molecule has 6 heteroatoms. The Balaban J connectivity index is 1.56. The first kappa shape index (κ1) is 18.9. The molecule has 0 aliphatic heterocycles. The van der Waals surface area contributed by atoms with Gasteiger partial charge in [0.1, 0.15) is 12.4 Å². The molecule has 5 aromatic rings. The van der Waals surface area contributed by atoms with Gasteiger partial charge >= 0.3 is 0 Å². The van der Waals surface area contributed by atoms with Crippen LogP contribution in [0.15, 0.2) is 71.5 Å². The molecule has 0 atom stereocenters. The van der Waals surface area contributed by atoms with E-state index in [1.54, 1.807) is 10.5 Å². The van der Waals surface area contributed by atoms with Gasteiger partial charge in [-0.15, -0.1) is 0 Å². The normalized spacial score (nSPS) is 12.1. The zero-order chi connectivity index (χ0) is 20.7. The van der Waals surface area contributed by atoms with Gasteiger partial charge in [0.2, 0.25) is 0 Å². The largest absolute Gasteiger partial charge is 0.488 e. The number of thiazole rings is 1. The molecule has 0 radical (unpaired) electrons. The fourth-order valence-corrected chi connectivity index (χ4v) is 4.52. The smallest absolute Gasteiger partial charge is 0.274 e. The van der Waals surface area contributed by atoms with Crippen molar-refractivity contribution in [3.05, 3.63) is 103 Å². The molecule has 30 heavy (non-hydrogen) atoms. The average Bonchev–Trinajstić information content (AvgIpc) is 3.25. The Hall–Kier alpha value is -3.15. The molecule has 0 saturated heterocycles. The van der Waals surface area contributed by atoms with Gasteiger partial charge in [0.15, 0.2) is 4.96 Å². The second-order valence-electron chi connectivity index (χ2n) is 7.09. The summed E-state index contributed by atoms with van der Waals surface area (Å²) in [7, 11) is 0. The molecule has 0 saturated carbocycles. The van der Waals surface area contributed by atoms with E-state index in [9.17, 15) is 4.79 Å². The Morgan fingerprint density at radius 1 is 1.10 bits per heavy atom. The summed E-state index contributed by atoms with van der Waals surface area (Å²) in [5.74, 6) is 0.676. The number of nitrogens with zero attached hydrogens (tertiary/aromatic N) is 2. The van der Waals surface area contributed by atoms with Crippen LogP contribution in [0, 0.1) is 6.92 Å². The van der Waals surface area contributed by atoms with E-state index < -0.39 is 0 Å². The van der Waals surface area contributed by atoms with Crippen molar-refractivity contribution in [1.82, 2.24) is 9.38 Å². The molecule has 0 bridgehead atoms. The van der Waals surface area contributed by atoms with E-state index in [-0.39, 0.29) is 5.56 Å². The van der Waals surface area contributed by atoms with Crippen LogP contribution in [-0.2, 0) is 6.61 Å². The van der Waals surface area contributed by atoms with Gasteiger partial charge in [-0.3, -0.25) is 4.79 Å². The zero-order valence-corrected chi connectivity index (χ0v) is 17.7. The molecule has 0 spiro atoms. The highest BCUT2D eigenvalue weighted by atomic mass is 35.5. The van der Waals surface area contributed by atoms with Crippen LogP contribution in [0.1, 0.15) is 16.7 Å². The van der Waals surface area contributed by atoms with E-state index in [0.29, 0.717) is 26.9 Å². The lowest BCUT2D eigenvalue weighted by molar-refractivity contribution is 0.305. The Kier molecular flexibility index (Phi) is 4.77. The highest BCUT2D eigenvalue weighted by Gasteiger charge is 2.11. The highest BCUT2D eigenvalue weighted by Crippen LogP contribution is 2.25. The predicted molar refractivity (Wildman–Crippen MR) is 123 cm³/mol. The van der Waals surface area contributed by atoms with E-state index >= 15 is 0 Å². The summed E-state index contributed by atoms with van der Waals surface area (Å²) in [5.41, 5.74) is 4.59. The maximum absolute atomic E-state index is 13.0. The summed E-state index contributed by atoms with van der Waals surface area (Å²) in [6.07, 6.45) is 1.83. The molecular formula is C24H17ClN2O2S. The molecule has 0 N–H and O–H groups in total. The summed E-state index contributed by atoms with van der Waals surface area (Å²) in [6.45, 7) is 2.49. The number of aryl methyl sites for hydroxylation is 1. The first-order valence-corrected chi connectivity index (χ1v) is 10.7. The van der Waals surface area contributed by atoms with Gasteiger partial charge in [0.05, 0.1) is 15.6 Å². The van der Waals surface area contributed by atoms with Crippen LogP contribution in [0.2, 0.25) is 5.02 Å². The monoisotopic (exact) mass is 432 g/mol. The minimum atomic E-state index is -0.0897. The van der Waals surface area contributed by atoms with Crippen LogP contribution in [0.3, 0.4) is 0 Å². The molecular weight excluding hydrogens is 416 g/mol. The summed E-state index contributed by atoms with van der Waals surface area (Å²) >= 11 is 7.59. The minimum Gasteiger partial charge on any atom is -0.488 e. The van der Waals surface area contributed by atoms with Crippen molar-refractivity contribution in [2.75, 3.05) is 0 Å². The summed E-state index contributed by atoms with van der Waals surface area (Å²) < 4.78 is 8.29. The van der Waals surface area contributed by atoms with E-state index in [1.807, 2.05) is 54.6 Å². The molecule has 2 heterocycles. The predicted octanol–water partition coefficient (Wildman–Crippen LogP) is 5.00. The lowest BCUT2D eigenvalue weighted by atomic mass is 10.1. The number of para-hydroxylation sites is 2. The number of rotatable bonds is 4. The molecule has 4 nitrogen and oxygen atoms in total. The minimum absolute atomic E-state index is 0.0897. The number of benzene rings is 3. The molecule has 0 fully saturated rings. The molecule has 5 rings (SSSR count). The molecule has 3 aromatic carbocycles. The highest BCUT2D eigenvalue weighted by molar-refractivity contribution is 7.15. The Morgan fingerprint density at radius 3 is 2.73 bits per heavy atom. The Labute approximate surface area is 181 Å². The summed E-state index contributed by atoms with van der Waals surface area (Å²) in [4.78, 5) is 18.3. The fraction of sp³-hybridized carbons (Fsp3) is 0.0833. The number of ether oxygens (including phenoxy) is 1. The van der Waals surface area contributed by atoms with Crippen LogP contribution in [0.25, 0.3) is 22.1 Å². The van der Waals surface area contributed by atoms with Gasteiger partial charge in [0.25, 0.3) is 5.56 Å². The number of halogens is 1. The second kappa shape index (κ2) is 7.59. The number of hydrogen-bond acceptors (Lipinski definition) is 4. The van der Waals surface area contributed by atoms with Crippen LogP contribution in [-0.4, -0.2) is 9.38 Å². The van der Waals surface area contributed by atoms with Crippen molar-refractivity contribution < 1.29 is 4.74 Å². The number of fused-ring (bicyclic) bond motifs is 3. The van der Waals surface area contributed by atoms with Crippen molar-refractivity contribution in [2.45, 2.75) is 13.5 Å². The molecule has 2 aromatic heterocycles. The summed E-state index contributed by atoms with van der Waals surface area (Å²) in [5, 5.41) is 0.586. The molecule has 0 unspecified atom stereocenters. The standard InChI is InChI=1S/C24H17ClN2O2S/c1-15-6-8-16(9-7-15)14-29-21-11-10-18(25)12-17(21)13-22-23(28)27-20-5-3-2-4-19(20)26-24(27)30-22/h2-13H,14H2,1H3/b22-13-. The third-order valence-electron chi connectivity index (χ3n) is 4.92. The van der Waals surface area contributed by atoms with E-state index in [0.717, 1.165) is 22.2 Å². The van der Waals surface area contributed by atoms with E-state index in [2.05, 4.69) is 24.0 Å². The second-order valence-corrected chi connectivity index (χ2v) is 8.54. The average molecular weight is 433 g/mol. The SMILES string of the molecule is Cc1ccc(COc2ccc(Cl)cc2/C=c2\sc3nc4ccccc4n3c2=O)cc1. The van der Waals surface area contributed by atoms with Gasteiger partial charge in [-0.2, -0.15) is 0 Å². The van der Waals surface area contributed by atoms with Crippen LogP contribution < -0.4 is 14.8 Å². The van der Waals surface area contributed by atoms with Gasteiger partial charge in [-0.25, -0.2) is 9.38 Å². The van der Waals surface area contributed by atoms with Crippen molar-refractivity contribution in [2.24, 2.45) is 0 Å². The number of aromatic nitrogens is 2. The molecule has 0 amide bonds. The van der Waals surface area contributed by atoms with Crippen molar-refractivity contribution in [3.63, 3.8) is 0 Å². The lowest BCUT2D eigenvalue weighted by Gasteiger charge is -2.10. The first-order chi connectivity index (χ1) is 14.6. The van der Waals surface area contributed by atoms with Gasteiger partial charge < -0.3 is 4.74 Å². The third kappa shape index (κ3) is 3.47. The third-order valence-corrected chi connectivity index (χ3v) is 6.12. The quantitative estimate of drug-likeness (QED) is 0.401. The van der Waals surface area contributed by atoms with Crippen LogP contribution in [0.4, 0.5) is 0 Å². The van der Waals surface area contributed by atoms with E-state index in [4.69, 9.17) is 16.3 Å². The van der Waals surface area contributed by atoms with Gasteiger partial charge in [-0.05, 0) is 48.9 Å². The number of hydrogen-bond donors (Lipinski definition) is 0. The summed E-state index contributed by atoms with van der Waals surface area (Å²) in [6, 6.07) is 21.3. The zero-order valence-electron chi connectivity index (χ0n) is 16.1. The van der Waals surface area contributed by atoms with Crippen molar-refractivity contribution in [3.8, 4) is 5.75 Å². The van der Waals surface area contributed by atoms with E-state index in [1.165, 1.54) is 16.9 Å². The first-order valence-electron chi connectivity index (χ1n) is 9.48. The molecule has 0 aliphatic carbocycles. The van der Waals surface area contributed by atoms with Crippen molar-refractivity contribution >= 4 is 45.0 Å². The van der Waals surface area contributed by atoms with Crippen molar-refractivity contribution in [1.29, 1.82) is 0 Å². The Morgan fingerprint density at radius 2 is 1.90 bits per heavy atom. The Bertz CT molecular complexity index is 1490. The van der Waals surface area contributed by atoms with Crippen LogP contribution >= 0.6 is 22.9 Å². The maximum atomic E-state index is 13.0. The fourth-order valence-electron chi connectivity index (χ4n) is 3.36. The van der Waals surface area contributed by atoms with Gasteiger partial charge in [0, 0.05) is 10.6 Å². The topological polar surface area (TPSA) is 43.6 Å². The van der Waals surface area contributed by atoms with Gasteiger partial charge in [-0.1, -0.05) is 64.9 Å². The maximum Gasteiger partial charge on any atom is 0.274 e.